The van der Waals surface area contributed by atoms with E-state index in [0.29, 0.717) is 42.1 Å². The molecular formula is C45H66N2O10. The van der Waals surface area contributed by atoms with E-state index in [4.69, 9.17) is 23.7 Å². The highest BCUT2D eigenvalue weighted by Gasteiger charge is 2.52. The molecule has 5 rings (SSSR count). The Kier molecular flexibility index (Phi) is 16.3. The third kappa shape index (κ3) is 13.8. The van der Waals surface area contributed by atoms with Gasteiger partial charge in [-0.25, -0.2) is 4.79 Å². The Morgan fingerprint density at radius 3 is 2.44 bits per heavy atom. The Balaban J connectivity index is 1.23. The molecule has 2 aliphatic carbocycles. The third-order valence-electron chi connectivity index (χ3n) is 11.1. The van der Waals surface area contributed by atoms with E-state index in [9.17, 15) is 24.3 Å². The molecule has 316 valence electrons. The summed E-state index contributed by atoms with van der Waals surface area (Å²) >= 11 is 0. The van der Waals surface area contributed by atoms with E-state index in [2.05, 4.69) is 36.6 Å². The molecule has 3 N–H and O–H groups in total. The summed E-state index contributed by atoms with van der Waals surface area (Å²) in [5, 5.41) is 15.4. The van der Waals surface area contributed by atoms with Gasteiger partial charge in [0.05, 0.1) is 30.4 Å². The Labute approximate surface area is 338 Å². The Morgan fingerprint density at radius 1 is 1.00 bits per heavy atom. The number of esters is 2. The van der Waals surface area contributed by atoms with E-state index in [1.54, 1.807) is 32.9 Å². The summed E-state index contributed by atoms with van der Waals surface area (Å²) in [6.07, 6.45) is 16.0. The van der Waals surface area contributed by atoms with Gasteiger partial charge >= 0.3 is 11.9 Å². The lowest BCUT2D eigenvalue weighted by Crippen LogP contribution is -2.44. The van der Waals surface area contributed by atoms with Crippen LogP contribution in [0.4, 0.5) is 0 Å². The zero-order chi connectivity index (χ0) is 41.0. The van der Waals surface area contributed by atoms with Crippen molar-refractivity contribution in [3.05, 3.63) is 53.1 Å². The van der Waals surface area contributed by atoms with Crippen molar-refractivity contribution >= 4 is 29.8 Å². The number of benzene rings is 1. The average Bonchev–Trinajstić information content (AvgIpc) is 3.86. The summed E-state index contributed by atoms with van der Waals surface area (Å²) in [5.41, 5.74) is 1.10. The lowest BCUT2D eigenvalue weighted by molar-refractivity contribution is -0.190. The van der Waals surface area contributed by atoms with E-state index < -0.39 is 47.7 Å². The lowest BCUT2D eigenvalue weighted by atomic mass is 9.88. The molecule has 0 bridgehead atoms. The van der Waals surface area contributed by atoms with Gasteiger partial charge in [0.1, 0.15) is 23.9 Å². The highest BCUT2D eigenvalue weighted by molar-refractivity contribution is 5.94. The van der Waals surface area contributed by atoms with Crippen molar-refractivity contribution in [2.45, 2.75) is 179 Å². The molecule has 12 heteroatoms. The molecule has 4 aliphatic rings. The van der Waals surface area contributed by atoms with Crippen molar-refractivity contribution in [3.63, 3.8) is 0 Å². The van der Waals surface area contributed by atoms with E-state index in [0.717, 1.165) is 63.4 Å². The molecule has 2 amide bonds. The van der Waals surface area contributed by atoms with Gasteiger partial charge in [-0.05, 0) is 89.0 Å². The minimum absolute atomic E-state index is 0.0372. The number of aliphatic hydroxyl groups is 1. The van der Waals surface area contributed by atoms with Crippen molar-refractivity contribution < 1.29 is 48.0 Å². The van der Waals surface area contributed by atoms with Crippen LogP contribution in [0.3, 0.4) is 0 Å². The minimum Gasteiger partial charge on any atom is -0.460 e. The maximum atomic E-state index is 13.8. The second-order valence-electron chi connectivity index (χ2n) is 17.2. The van der Waals surface area contributed by atoms with Gasteiger partial charge in [-0.3, -0.25) is 14.4 Å². The van der Waals surface area contributed by atoms with E-state index in [1.165, 1.54) is 0 Å². The molecule has 57 heavy (non-hydrogen) atoms. The molecule has 12 nitrogen and oxygen atoms in total. The third-order valence-corrected chi connectivity index (χ3v) is 11.1. The molecule has 2 saturated heterocycles. The largest absolute Gasteiger partial charge is 0.460 e. The lowest BCUT2D eigenvalue weighted by Gasteiger charge is -2.31. The van der Waals surface area contributed by atoms with Crippen LogP contribution in [-0.4, -0.2) is 90.0 Å². The first kappa shape index (κ1) is 44.5. The summed E-state index contributed by atoms with van der Waals surface area (Å²) in [4.78, 5) is 52.3. The minimum atomic E-state index is -0.840. The van der Waals surface area contributed by atoms with E-state index >= 15 is 0 Å². The SMILES string of the molecule is CCCCCC1(CCCCC)OC2C=C(C(=O)NCCC(=O)NC(CO)CCC(=O)OC(C)(C)C)CC(OC(=O)c3cccc(C=CC4CCC5OC5C4)c3)C2O1. The molecule has 1 aromatic carbocycles. The fourth-order valence-electron chi connectivity index (χ4n) is 8.03. The molecule has 0 aromatic heterocycles. The maximum absolute atomic E-state index is 13.8. The number of aliphatic hydroxyl groups excluding tert-OH is 1. The standard InChI is InChI=1S/C45H66N2O10/c1-6-8-10-22-45(23-11-9-7-2)55-38-28-33(42(51)46-24-21-39(49)47-34(29-48)18-20-40(50)56-44(3,4)5)27-37(41(38)57-45)54-43(52)32-14-12-13-30(25-32)15-16-31-17-19-35-36(26-31)53-35/h12-16,25,28,31,34-38,41,48H,6-11,17-24,26-27,29H2,1-5H3,(H,46,51)(H,47,49). The van der Waals surface area contributed by atoms with E-state index in [1.807, 2.05) is 18.2 Å². The number of carbonyl (C=O) groups excluding carboxylic acids is 4. The molecular weight excluding hydrogens is 728 g/mol. The van der Waals surface area contributed by atoms with Crippen LogP contribution in [0.1, 0.15) is 147 Å². The quantitative estimate of drug-likeness (QED) is 0.0681. The highest BCUT2D eigenvalue weighted by atomic mass is 16.8. The Bertz CT molecular complexity index is 1570. The van der Waals surface area contributed by atoms with Gasteiger partial charge < -0.3 is 39.4 Å². The number of fused-ring (bicyclic) bond motifs is 2. The first-order chi connectivity index (χ1) is 27.3. The molecule has 3 fully saturated rings. The Hall–Kier alpha value is -3.58. The molecule has 2 aliphatic heterocycles. The van der Waals surface area contributed by atoms with Gasteiger partial charge in [-0.1, -0.05) is 63.8 Å². The van der Waals surface area contributed by atoms with Crippen molar-refractivity contribution in [3.8, 4) is 0 Å². The first-order valence-electron chi connectivity index (χ1n) is 21.4. The van der Waals surface area contributed by atoms with Crippen LogP contribution >= 0.6 is 0 Å². The number of carbonyl (C=O) groups is 4. The monoisotopic (exact) mass is 794 g/mol. The molecule has 7 atom stereocenters. The van der Waals surface area contributed by atoms with Crippen LogP contribution in [0, 0.1) is 5.92 Å². The molecule has 2 heterocycles. The van der Waals surface area contributed by atoms with Crippen molar-refractivity contribution in [1.29, 1.82) is 0 Å². The van der Waals surface area contributed by atoms with Gasteiger partial charge in [0.15, 0.2) is 5.79 Å². The molecule has 0 radical (unpaired) electrons. The van der Waals surface area contributed by atoms with Gasteiger partial charge in [-0.15, -0.1) is 0 Å². The second kappa shape index (κ2) is 20.9. The fourth-order valence-corrected chi connectivity index (χ4v) is 8.03. The van der Waals surface area contributed by atoms with Crippen LogP contribution in [0.5, 0.6) is 0 Å². The number of hydrogen-bond donors (Lipinski definition) is 3. The number of epoxide rings is 1. The zero-order valence-corrected chi connectivity index (χ0v) is 34.7. The number of hydrogen-bond acceptors (Lipinski definition) is 10. The number of rotatable bonds is 21. The summed E-state index contributed by atoms with van der Waals surface area (Å²) in [6.45, 7) is 9.34. The predicted molar refractivity (Wildman–Crippen MR) is 216 cm³/mol. The number of amides is 2. The Morgan fingerprint density at radius 2 is 1.75 bits per heavy atom. The molecule has 1 saturated carbocycles. The summed E-state index contributed by atoms with van der Waals surface area (Å²) < 4.78 is 30.7. The van der Waals surface area contributed by atoms with Crippen LogP contribution in [0.2, 0.25) is 0 Å². The molecule has 7 unspecified atom stereocenters. The van der Waals surface area contributed by atoms with Crippen molar-refractivity contribution in [1.82, 2.24) is 10.6 Å². The van der Waals surface area contributed by atoms with Gasteiger partial charge in [0.25, 0.3) is 0 Å². The highest BCUT2D eigenvalue weighted by Crippen LogP contribution is 2.43. The fraction of sp³-hybridized carbons (Fsp3) is 0.689. The summed E-state index contributed by atoms with van der Waals surface area (Å²) in [5.74, 6) is -2.05. The van der Waals surface area contributed by atoms with E-state index in [-0.39, 0.29) is 50.6 Å². The average molecular weight is 795 g/mol. The van der Waals surface area contributed by atoms with Gasteiger partial charge in [0.2, 0.25) is 11.8 Å². The van der Waals surface area contributed by atoms with Crippen LogP contribution < -0.4 is 10.6 Å². The number of ether oxygens (including phenoxy) is 5. The number of unbranched alkanes of at least 4 members (excludes halogenated alkanes) is 4. The number of allylic oxidation sites excluding steroid dienone is 1. The summed E-state index contributed by atoms with van der Waals surface area (Å²) in [7, 11) is 0. The van der Waals surface area contributed by atoms with Crippen LogP contribution in [0.25, 0.3) is 6.08 Å². The summed E-state index contributed by atoms with van der Waals surface area (Å²) in [6, 6.07) is 6.76. The predicted octanol–water partition coefficient (Wildman–Crippen LogP) is 6.87. The maximum Gasteiger partial charge on any atom is 0.338 e. The normalized spacial score (nSPS) is 25.5. The first-order valence-corrected chi connectivity index (χ1v) is 21.4. The van der Waals surface area contributed by atoms with Gasteiger partial charge in [0, 0.05) is 44.2 Å². The topological polar surface area (TPSA) is 162 Å². The molecule has 0 spiro atoms. The van der Waals surface area contributed by atoms with Crippen molar-refractivity contribution in [2.24, 2.45) is 5.92 Å². The van der Waals surface area contributed by atoms with Crippen molar-refractivity contribution in [2.75, 3.05) is 13.2 Å². The van der Waals surface area contributed by atoms with Gasteiger partial charge in [-0.2, -0.15) is 0 Å². The van der Waals surface area contributed by atoms with Crippen LogP contribution in [-0.2, 0) is 38.1 Å². The van der Waals surface area contributed by atoms with Crippen LogP contribution in [0.15, 0.2) is 42.0 Å². The number of nitrogens with one attached hydrogen (secondary N) is 2. The second-order valence-corrected chi connectivity index (χ2v) is 17.2. The molecule has 1 aromatic rings. The zero-order valence-electron chi connectivity index (χ0n) is 34.7. The smallest absolute Gasteiger partial charge is 0.338 e.